The number of tetrazole rings is 1. The first-order valence-electron chi connectivity index (χ1n) is 16.0. The second-order valence-corrected chi connectivity index (χ2v) is 11.8. The number of ether oxygens (including phenoxy) is 1. The van der Waals surface area contributed by atoms with Crippen molar-refractivity contribution in [2.24, 2.45) is 5.73 Å². The Hall–Kier alpha value is -6.41. The first kappa shape index (κ1) is 31.2. The molecule has 0 aliphatic heterocycles. The summed E-state index contributed by atoms with van der Waals surface area (Å²) in [6.07, 6.45) is 0. The number of benzene rings is 5. The highest BCUT2D eigenvalue weighted by Crippen LogP contribution is 2.40. The van der Waals surface area contributed by atoms with Crippen LogP contribution in [0.4, 0.5) is 0 Å². The molecule has 7 rings (SSSR count). The lowest BCUT2D eigenvalue weighted by molar-refractivity contribution is 0.0994. The Morgan fingerprint density at radius 2 is 1.24 bits per heavy atom. The number of hydrogen-bond acceptors (Lipinski definition) is 6. The summed E-state index contributed by atoms with van der Waals surface area (Å²) in [4.78, 5) is 18.2. The summed E-state index contributed by atoms with van der Waals surface area (Å²) in [7, 11) is 0. The number of pyridine rings is 1. The molecule has 7 aromatic rings. The lowest BCUT2D eigenvalue weighted by atomic mass is 9.77. The van der Waals surface area contributed by atoms with Crippen LogP contribution in [-0.2, 0) is 12.1 Å². The van der Waals surface area contributed by atoms with Gasteiger partial charge in [0.05, 0.1) is 5.69 Å². The Morgan fingerprint density at radius 1 is 0.714 bits per heavy atom. The van der Waals surface area contributed by atoms with Gasteiger partial charge in [0.15, 0.2) is 5.54 Å². The van der Waals surface area contributed by atoms with E-state index in [4.69, 9.17) is 20.8 Å². The molecule has 0 aliphatic carbocycles. The summed E-state index contributed by atoms with van der Waals surface area (Å²) in [5, 5.41) is 14.5. The summed E-state index contributed by atoms with van der Waals surface area (Å²) in [6.45, 7) is 3.88. The number of amides is 1. The third-order valence-corrected chi connectivity index (χ3v) is 8.65. The Kier molecular flexibility index (Phi) is 8.51. The molecule has 0 aliphatic rings. The van der Waals surface area contributed by atoms with Crippen molar-refractivity contribution in [1.82, 2.24) is 25.2 Å². The van der Waals surface area contributed by atoms with E-state index in [0.29, 0.717) is 22.8 Å². The van der Waals surface area contributed by atoms with Crippen LogP contribution in [0.5, 0.6) is 5.75 Å². The Labute approximate surface area is 284 Å². The van der Waals surface area contributed by atoms with E-state index in [1.54, 1.807) is 17.8 Å². The molecular formula is C41H34N6O2. The van der Waals surface area contributed by atoms with Gasteiger partial charge in [-0.2, -0.15) is 0 Å². The molecule has 0 spiro atoms. The predicted octanol–water partition coefficient (Wildman–Crippen LogP) is 7.54. The average molecular weight is 643 g/mol. The van der Waals surface area contributed by atoms with E-state index in [1.807, 2.05) is 104 Å². The number of aromatic nitrogens is 5. The average Bonchev–Trinajstić information content (AvgIpc) is 3.63. The second-order valence-electron chi connectivity index (χ2n) is 11.8. The van der Waals surface area contributed by atoms with Crippen LogP contribution in [0.3, 0.4) is 0 Å². The highest BCUT2D eigenvalue weighted by Gasteiger charge is 2.41. The molecule has 5 aromatic carbocycles. The van der Waals surface area contributed by atoms with Crippen LogP contribution in [0.15, 0.2) is 146 Å². The highest BCUT2D eigenvalue weighted by molar-refractivity contribution is 5.96. The van der Waals surface area contributed by atoms with Crippen molar-refractivity contribution in [1.29, 1.82) is 0 Å². The van der Waals surface area contributed by atoms with Crippen LogP contribution in [0.2, 0.25) is 0 Å². The molecule has 2 aromatic heterocycles. The molecule has 0 fully saturated rings. The Morgan fingerprint density at radius 3 is 1.80 bits per heavy atom. The largest absolute Gasteiger partial charge is 0.488 e. The van der Waals surface area contributed by atoms with Crippen molar-refractivity contribution in [3.63, 3.8) is 0 Å². The smallest absolute Gasteiger partial charge is 0.254 e. The lowest BCUT2D eigenvalue weighted by Crippen LogP contribution is -2.39. The number of primary amides is 1. The fraction of sp³-hybridized carbons (Fsp3) is 0.0976. The highest BCUT2D eigenvalue weighted by atomic mass is 16.5. The standard InChI is InChI=1S/C41H34N6O2/c1-28-26-37(38(39(42)48)29(2)43-28)49-27-30-22-24-31(25-23-30)35-20-12-13-21-36(35)40-44-46-47(45-40)41(32-14-6-3-7-15-32,33-16-8-4-9-17-33)34-18-10-5-11-19-34/h3-26H,27H2,1-2H3,(H2,42,48). The fourth-order valence-electron chi connectivity index (χ4n) is 6.43. The molecule has 0 saturated heterocycles. The minimum absolute atomic E-state index is 0.265. The summed E-state index contributed by atoms with van der Waals surface area (Å²) in [6, 6.07) is 48.8. The van der Waals surface area contributed by atoms with E-state index in [1.165, 1.54) is 0 Å². The number of carbonyl (C=O) groups excluding carboxylic acids is 1. The predicted molar refractivity (Wildman–Crippen MR) is 190 cm³/mol. The molecule has 0 bridgehead atoms. The van der Waals surface area contributed by atoms with Gasteiger partial charge in [-0.15, -0.1) is 15.0 Å². The molecule has 49 heavy (non-hydrogen) atoms. The third-order valence-electron chi connectivity index (χ3n) is 8.65. The van der Waals surface area contributed by atoms with Gasteiger partial charge in [0.1, 0.15) is 17.9 Å². The van der Waals surface area contributed by atoms with Crippen LogP contribution < -0.4 is 10.5 Å². The number of hydrogen-bond donors (Lipinski definition) is 1. The van der Waals surface area contributed by atoms with Crippen molar-refractivity contribution in [3.05, 3.63) is 185 Å². The summed E-state index contributed by atoms with van der Waals surface area (Å²) >= 11 is 0. The van der Waals surface area contributed by atoms with Crippen molar-refractivity contribution >= 4 is 5.91 Å². The van der Waals surface area contributed by atoms with Crippen molar-refractivity contribution in [2.45, 2.75) is 26.0 Å². The Balaban J connectivity index is 1.25. The van der Waals surface area contributed by atoms with E-state index in [2.05, 4.69) is 52.5 Å². The zero-order valence-electron chi connectivity index (χ0n) is 27.2. The van der Waals surface area contributed by atoms with E-state index >= 15 is 0 Å². The van der Waals surface area contributed by atoms with Crippen molar-refractivity contribution in [2.75, 3.05) is 0 Å². The quantitative estimate of drug-likeness (QED) is 0.155. The molecule has 0 unspecified atom stereocenters. The van der Waals surface area contributed by atoms with E-state index < -0.39 is 11.4 Å². The number of nitrogens with two attached hydrogens (primary N) is 1. The van der Waals surface area contributed by atoms with Crippen molar-refractivity contribution < 1.29 is 9.53 Å². The number of nitrogens with zero attached hydrogens (tertiary/aromatic N) is 5. The molecule has 0 saturated carbocycles. The zero-order valence-corrected chi connectivity index (χ0v) is 27.2. The van der Waals surface area contributed by atoms with Crippen LogP contribution in [0, 0.1) is 13.8 Å². The van der Waals surface area contributed by atoms with Crippen LogP contribution >= 0.6 is 0 Å². The minimum Gasteiger partial charge on any atom is -0.488 e. The first-order valence-corrected chi connectivity index (χ1v) is 16.0. The minimum atomic E-state index is -0.869. The first-order chi connectivity index (χ1) is 23.9. The van der Waals surface area contributed by atoms with E-state index in [0.717, 1.165) is 44.6 Å². The number of carbonyl (C=O) groups is 1. The third kappa shape index (κ3) is 5.96. The lowest BCUT2D eigenvalue weighted by Gasteiger charge is -2.34. The SMILES string of the molecule is Cc1cc(OCc2ccc(-c3ccccc3-c3nnn(C(c4ccccc4)(c4ccccc4)c4ccccc4)n3)cc2)c(C(N)=O)c(C)n1. The van der Waals surface area contributed by atoms with Gasteiger partial charge in [-0.05, 0) is 52.4 Å². The second kappa shape index (κ2) is 13.4. The number of rotatable bonds is 10. The zero-order chi connectivity index (χ0) is 33.8. The molecule has 8 heteroatoms. The molecule has 0 radical (unpaired) electrons. The van der Waals surface area contributed by atoms with E-state index in [9.17, 15) is 4.79 Å². The summed E-state index contributed by atoms with van der Waals surface area (Å²) < 4.78 is 6.06. The maximum Gasteiger partial charge on any atom is 0.254 e. The molecular weight excluding hydrogens is 608 g/mol. The molecule has 8 nitrogen and oxygen atoms in total. The van der Waals surface area contributed by atoms with Gasteiger partial charge < -0.3 is 10.5 Å². The van der Waals surface area contributed by atoms with Gasteiger partial charge in [0.25, 0.3) is 5.91 Å². The van der Waals surface area contributed by atoms with Gasteiger partial charge in [0, 0.05) is 17.3 Å². The van der Waals surface area contributed by atoms with Crippen LogP contribution in [0.1, 0.15) is 44.0 Å². The molecule has 1 amide bonds. The molecule has 2 heterocycles. The maximum absolute atomic E-state index is 12.1. The van der Waals surface area contributed by atoms with E-state index in [-0.39, 0.29) is 6.61 Å². The van der Waals surface area contributed by atoms with Gasteiger partial charge >= 0.3 is 0 Å². The number of aryl methyl sites for hydroxylation is 2. The summed E-state index contributed by atoms with van der Waals surface area (Å²) in [5.74, 6) is 0.377. The normalized spacial score (nSPS) is 11.3. The molecule has 2 N–H and O–H groups in total. The van der Waals surface area contributed by atoms with Crippen LogP contribution in [-0.4, -0.2) is 31.1 Å². The Bertz CT molecular complexity index is 2120. The molecule has 0 atom stereocenters. The van der Waals surface area contributed by atoms with Gasteiger partial charge in [-0.1, -0.05) is 140 Å². The maximum atomic E-state index is 12.1. The van der Waals surface area contributed by atoms with Crippen LogP contribution in [0.25, 0.3) is 22.5 Å². The van der Waals surface area contributed by atoms with Crippen molar-refractivity contribution in [3.8, 4) is 28.3 Å². The van der Waals surface area contributed by atoms with Gasteiger partial charge in [0.2, 0.25) is 5.82 Å². The fourth-order valence-corrected chi connectivity index (χ4v) is 6.43. The molecule has 240 valence electrons. The monoisotopic (exact) mass is 642 g/mol. The summed E-state index contributed by atoms with van der Waals surface area (Å²) in [5.41, 5.74) is 13.2. The van der Waals surface area contributed by atoms with Gasteiger partial charge in [-0.25, -0.2) is 0 Å². The topological polar surface area (TPSA) is 109 Å². The van der Waals surface area contributed by atoms with Gasteiger partial charge in [-0.3, -0.25) is 9.78 Å².